The van der Waals surface area contributed by atoms with Crippen LogP contribution >= 0.6 is 11.6 Å². The lowest BCUT2D eigenvalue weighted by molar-refractivity contribution is 0.126. The molecule has 3 N–H and O–H groups in total. The summed E-state index contributed by atoms with van der Waals surface area (Å²) in [7, 11) is 0. The fraction of sp³-hybridized carbons (Fsp3) is 0.571. The number of likely N-dealkylation sites (tertiary alicyclic amines) is 1. The minimum absolute atomic E-state index is 0.146. The minimum atomic E-state index is 0.146. The highest BCUT2D eigenvalue weighted by Gasteiger charge is 2.24. The number of hydrogen-bond donors (Lipinski definition) is 2. The number of piperidine rings is 1. The average Bonchev–Trinajstić information content (AvgIpc) is 2.36. The van der Waals surface area contributed by atoms with E-state index in [2.05, 4.69) is 11.8 Å². The van der Waals surface area contributed by atoms with Crippen LogP contribution in [0.15, 0.2) is 18.2 Å². The van der Waals surface area contributed by atoms with Crippen molar-refractivity contribution < 1.29 is 5.11 Å². The number of halogens is 1. The molecule has 4 heteroatoms. The van der Waals surface area contributed by atoms with E-state index >= 15 is 0 Å². The van der Waals surface area contributed by atoms with E-state index in [0.717, 1.165) is 37.7 Å². The number of phenols is 1. The fourth-order valence-corrected chi connectivity index (χ4v) is 2.79. The van der Waals surface area contributed by atoms with Gasteiger partial charge in [-0.25, -0.2) is 0 Å². The average molecular weight is 269 g/mol. The topological polar surface area (TPSA) is 49.5 Å². The van der Waals surface area contributed by atoms with E-state index in [1.165, 1.54) is 6.42 Å². The van der Waals surface area contributed by atoms with Crippen molar-refractivity contribution in [3.63, 3.8) is 0 Å². The maximum Gasteiger partial charge on any atom is 0.134 e. The second-order valence-electron chi connectivity index (χ2n) is 5.28. The Labute approximate surface area is 114 Å². The van der Waals surface area contributed by atoms with E-state index in [9.17, 15) is 5.11 Å². The second-order valence-corrected chi connectivity index (χ2v) is 5.69. The summed E-state index contributed by atoms with van der Waals surface area (Å²) in [5, 5.41) is 9.83. The molecule has 0 radical (unpaired) electrons. The van der Waals surface area contributed by atoms with Gasteiger partial charge in [0.1, 0.15) is 5.75 Å². The van der Waals surface area contributed by atoms with Gasteiger partial charge in [-0.2, -0.15) is 0 Å². The molecule has 1 aliphatic heterocycles. The Balaban J connectivity index is 1.99. The summed E-state index contributed by atoms with van der Waals surface area (Å²) in [4.78, 5) is 2.42. The third kappa shape index (κ3) is 3.16. The first-order valence-corrected chi connectivity index (χ1v) is 6.87. The number of hydrogen-bond acceptors (Lipinski definition) is 3. The van der Waals surface area contributed by atoms with Crippen LogP contribution in [0.2, 0.25) is 5.02 Å². The lowest BCUT2D eigenvalue weighted by Crippen LogP contribution is -2.42. The number of aromatic hydroxyl groups is 1. The standard InChI is InChI=1S/C14H21ClN2O/c1-10-4-5-17(9-12(10)7-16)8-11-2-3-14(18)13(15)6-11/h2-3,6,10,12,18H,4-5,7-9,16H2,1H3. The predicted molar refractivity (Wildman–Crippen MR) is 74.7 cm³/mol. The zero-order valence-electron chi connectivity index (χ0n) is 10.8. The van der Waals surface area contributed by atoms with Gasteiger partial charge < -0.3 is 10.8 Å². The number of nitrogens with zero attached hydrogens (tertiary/aromatic N) is 1. The Kier molecular flexibility index (Phi) is 4.49. The third-order valence-corrected chi connectivity index (χ3v) is 4.22. The summed E-state index contributed by atoms with van der Waals surface area (Å²) in [6, 6.07) is 5.42. The quantitative estimate of drug-likeness (QED) is 0.885. The highest BCUT2D eigenvalue weighted by atomic mass is 35.5. The Morgan fingerprint density at radius 2 is 2.28 bits per heavy atom. The van der Waals surface area contributed by atoms with Crippen molar-refractivity contribution in [2.45, 2.75) is 19.9 Å². The molecule has 0 spiro atoms. The van der Waals surface area contributed by atoms with Gasteiger partial charge in [0.2, 0.25) is 0 Å². The summed E-state index contributed by atoms with van der Waals surface area (Å²) < 4.78 is 0. The summed E-state index contributed by atoms with van der Waals surface area (Å²) in [6.45, 7) is 6.08. The van der Waals surface area contributed by atoms with Crippen LogP contribution in [-0.4, -0.2) is 29.6 Å². The summed E-state index contributed by atoms with van der Waals surface area (Å²) in [5.41, 5.74) is 6.95. The lowest BCUT2D eigenvalue weighted by atomic mass is 9.87. The summed E-state index contributed by atoms with van der Waals surface area (Å²) in [6.07, 6.45) is 1.20. The maximum atomic E-state index is 9.40. The van der Waals surface area contributed by atoms with Crippen molar-refractivity contribution in [1.29, 1.82) is 0 Å². The van der Waals surface area contributed by atoms with Crippen LogP contribution in [0, 0.1) is 11.8 Å². The molecule has 2 unspecified atom stereocenters. The van der Waals surface area contributed by atoms with Crippen molar-refractivity contribution >= 4 is 11.6 Å². The monoisotopic (exact) mass is 268 g/mol. The van der Waals surface area contributed by atoms with E-state index in [1.54, 1.807) is 6.07 Å². The number of phenolic OH excluding ortho intramolecular Hbond substituents is 1. The van der Waals surface area contributed by atoms with Gasteiger partial charge in [0.15, 0.2) is 0 Å². The van der Waals surface area contributed by atoms with E-state index < -0.39 is 0 Å². The van der Waals surface area contributed by atoms with Crippen LogP contribution in [-0.2, 0) is 6.54 Å². The molecule has 0 amide bonds. The van der Waals surface area contributed by atoms with E-state index in [1.807, 2.05) is 12.1 Å². The van der Waals surface area contributed by atoms with Gasteiger partial charge in [-0.1, -0.05) is 24.6 Å². The van der Waals surface area contributed by atoms with Crippen molar-refractivity contribution in [3.8, 4) is 5.75 Å². The molecule has 2 atom stereocenters. The zero-order valence-corrected chi connectivity index (χ0v) is 11.5. The summed E-state index contributed by atoms with van der Waals surface area (Å²) >= 11 is 5.92. The molecule has 100 valence electrons. The van der Waals surface area contributed by atoms with Crippen LogP contribution in [0.5, 0.6) is 5.75 Å². The van der Waals surface area contributed by atoms with Crippen LogP contribution in [0.1, 0.15) is 18.9 Å². The molecule has 1 saturated heterocycles. The van der Waals surface area contributed by atoms with Crippen LogP contribution in [0.3, 0.4) is 0 Å². The molecule has 18 heavy (non-hydrogen) atoms. The van der Waals surface area contributed by atoms with E-state index in [-0.39, 0.29) is 5.75 Å². The third-order valence-electron chi connectivity index (χ3n) is 3.92. The Bertz CT molecular complexity index is 411. The molecule has 0 bridgehead atoms. The molecule has 1 aromatic carbocycles. The van der Waals surface area contributed by atoms with Gasteiger partial charge in [-0.05, 0) is 49.0 Å². The van der Waals surface area contributed by atoms with E-state index in [4.69, 9.17) is 17.3 Å². The van der Waals surface area contributed by atoms with Gasteiger partial charge in [0.25, 0.3) is 0 Å². The summed E-state index contributed by atoms with van der Waals surface area (Å²) in [5.74, 6) is 1.45. The Hall–Kier alpha value is -0.770. The smallest absolute Gasteiger partial charge is 0.134 e. The second kappa shape index (κ2) is 5.91. The lowest BCUT2D eigenvalue weighted by Gasteiger charge is -2.36. The molecule has 1 aliphatic rings. The largest absolute Gasteiger partial charge is 0.506 e. The molecular weight excluding hydrogens is 248 g/mol. The Morgan fingerprint density at radius 3 is 2.94 bits per heavy atom. The van der Waals surface area contributed by atoms with Gasteiger partial charge in [0.05, 0.1) is 5.02 Å². The molecular formula is C14H21ClN2O. The normalized spacial score (nSPS) is 25.3. The number of rotatable bonds is 3. The van der Waals surface area contributed by atoms with Crippen LogP contribution in [0.25, 0.3) is 0 Å². The van der Waals surface area contributed by atoms with Crippen molar-refractivity contribution in [2.75, 3.05) is 19.6 Å². The first-order chi connectivity index (χ1) is 8.60. The molecule has 3 nitrogen and oxygen atoms in total. The maximum absolute atomic E-state index is 9.40. The van der Waals surface area contributed by atoms with E-state index in [0.29, 0.717) is 10.9 Å². The minimum Gasteiger partial charge on any atom is -0.506 e. The molecule has 1 heterocycles. The predicted octanol–water partition coefficient (Wildman–Crippen LogP) is 2.46. The highest BCUT2D eigenvalue weighted by Crippen LogP contribution is 2.27. The fourth-order valence-electron chi connectivity index (χ4n) is 2.58. The number of benzene rings is 1. The molecule has 0 aromatic heterocycles. The van der Waals surface area contributed by atoms with Gasteiger partial charge in [-0.3, -0.25) is 4.90 Å². The van der Waals surface area contributed by atoms with Gasteiger partial charge >= 0.3 is 0 Å². The van der Waals surface area contributed by atoms with Gasteiger partial charge in [0, 0.05) is 13.1 Å². The molecule has 2 rings (SSSR count). The SMILES string of the molecule is CC1CCN(Cc2ccc(O)c(Cl)c2)CC1CN. The molecule has 1 fully saturated rings. The van der Waals surface area contributed by atoms with Crippen molar-refractivity contribution in [1.82, 2.24) is 4.90 Å². The van der Waals surface area contributed by atoms with Gasteiger partial charge in [-0.15, -0.1) is 0 Å². The molecule has 1 aromatic rings. The zero-order chi connectivity index (χ0) is 13.1. The van der Waals surface area contributed by atoms with Crippen LogP contribution < -0.4 is 5.73 Å². The molecule has 0 aliphatic carbocycles. The van der Waals surface area contributed by atoms with Crippen molar-refractivity contribution in [3.05, 3.63) is 28.8 Å². The Morgan fingerprint density at radius 1 is 1.50 bits per heavy atom. The van der Waals surface area contributed by atoms with Crippen molar-refractivity contribution in [2.24, 2.45) is 17.6 Å². The van der Waals surface area contributed by atoms with Crippen LogP contribution in [0.4, 0.5) is 0 Å². The highest BCUT2D eigenvalue weighted by molar-refractivity contribution is 6.32. The molecule has 0 saturated carbocycles. The first-order valence-electron chi connectivity index (χ1n) is 6.50. The number of nitrogens with two attached hydrogens (primary N) is 1. The first kappa shape index (κ1) is 13.7.